The lowest BCUT2D eigenvalue weighted by Gasteiger charge is -2.12. The smallest absolute Gasteiger partial charge is 0.326 e. The summed E-state index contributed by atoms with van der Waals surface area (Å²) in [5.74, 6) is -1.14. The number of Topliss-reactive ketones (excluding diaryl/α,β-unsaturated/α-hetero) is 1. The number of hydrogen-bond donors (Lipinski definition) is 1. The maximum atomic E-state index is 13.0. The summed E-state index contributed by atoms with van der Waals surface area (Å²) in [7, 11) is 0. The molecule has 1 heterocycles. The Hall–Kier alpha value is -3.55. The molecule has 5 nitrogen and oxygen atoms in total. The van der Waals surface area contributed by atoms with Crippen LogP contribution in [0.25, 0.3) is 11.1 Å². The first kappa shape index (κ1) is 20.2. The van der Waals surface area contributed by atoms with Gasteiger partial charge in [0.05, 0.1) is 24.4 Å². The summed E-state index contributed by atoms with van der Waals surface area (Å²) in [4.78, 5) is 24.6. The zero-order valence-electron chi connectivity index (χ0n) is 15.3. The molecule has 1 N–H and O–H groups in total. The van der Waals surface area contributed by atoms with Crippen molar-refractivity contribution in [1.29, 1.82) is 0 Å². The van der Waals surface area contributed by atoms with Crippen molar-refractivity contribution in [2.45, 2.75) is 19.5 Å². The average molecular weight is 399 g/mol. The molecule has 8 heteroatoms. The second-order valence-corrected chi connectivity index (χ2v) is 6.39. The molecule has 148 valence electrons. The van der Waals surface area contributed by atoms with E-state index in [1.807, 2.05) is 0 Å². The lowest BCUT2D eigenvalue weighted by atomic mass is 10.0. The molecule has 0 atom stereocenters. The number of nitrogens with one attached hydrogen (secondary N) is 1. The molecule has 1 amide bonds. The molecule has 0 aliphatic carbocycles. The van der Waals surface area contributed by atoms with Crippen molar-refractivity contribution in [3.8, 4) is 11.1 Å². The van der Waals surface area contributed by atoms with Gasteiger partial charge in [0, 0.05) is 16.8 Å². The number of anilines is 1. The van der Waals surface area contributed by atoms with E-state index >= 15 is 0 Å². The summed E-state index contributed by atoms with van der Waals surface area (Å²) in [6, 6.07) is 11.9. The lowest BCUT2D eigenvalue weighted by Crippen LogP contribution is -2.17. The molecular weight excluding hydrogens is 383 g/mol. The highest BCUT2D eigenvalue weighted by molar-refractivity contribution is 6.11. The minimum atomic E-state index is -4.52. The topological polar surface area (TPSA) is 72.0 Å². The maximum Gasteiger partial charge on any atom is 0.416 e. The highest BCUT2D eigenvalue weighted by Crippen LogP contribution is 2.33. The van der Waals surface area contributed by atoms with E-state index in [0.717, 1.165) is 17.2 Å². The Morgan fingerprint density at radius 2 is 1.79 bits per heavy atom. The summed E-state index contributed by atoms with van der Waals surface area (Å²) < 4.78 is 39.0. The number of alkyl halides is 3. The van der Waals surface area contributed by atoms with E-state index in [9.17, 15) is 22.8 Å². The van der Waals surface area contributed by atoms with Crippen molar-refractivity contribution in [3.63, 3.8) is 0 Å². The van der Waals surface area contributed by atoms with Gasteiger partial charge >= 0.3 is 6.18 Å². The van der Waals surface area contributed by atoms with E-state index in [0.29, 0.717) is 5.56 Å². The summed E-state index contributed by atoms with van der Waals surface area (Å²) >= 11 is 0. The van der Waals surface area contributed by atoms with Crippen molar-refractivity contribution in [2.24, 2.45) is 0 Å². The molecule has 0 saturated carbocycles. The van der Waals surface area contributed by atoms with Gasteiger partial charge in [-0.25, -0.2) is 0 Å². The molecule has 0 radical (unpaired) electrons. The Balaban J connectivity index is 1.71. The Kier molecular flexibility index (Phi) is 5.72. The first-order valence-electron chi connectivity index (χ1n) is 8.62. The van der Waals surface area contributed by atoms with Crippen LogP contribution in [0.1, 0.15) is 27.9 Å². The molecule has 3 rings (SSSR count). The minimum absolute atomic E-state index is 0.0164. The monoisotopic (exact) mass is 399 g/mol. The Morgan fingerprint density at radius 3 is 2.48 bits per heavy atom. The third-order valence-corrected chi connectivity index (χ3v) is 4.25. The molecular formula is C21H16F3N3O2. The van der Waals surface area contributed by atoms with Crippen LogP contribution in [0.4, 0.5) is 18.9 Å². The van der Waals surface area contributed by atoms with E-state index in [4.69, 9.17) is 0 Å². The van der Waals surface area contributed by atoms with Gasteiger partial charge in [-0.2, -0.15) is 23.4 Å². The first-order chi connectivity index (χ1) is 13.7. The number of aromatic nitrogens is 2. The van der Waals surface area contributed by atoms with Gasteiger partial charge < -0.3 is 5.32 Å². The fourth-order valence-electron chi connectivity index (χ4n) is 2.79. The van der Waals surface area contributed by atoms with Gasteiger partial charge in [-0.15, -0.1) is 0 Å². The van der Waals surface area contributed by atoms with Crippen LogP contribution in [0.3, 0.4) is 0 Å². The predicted molar refractivity (Wildman–Crippen MR) is 101 cm³/mol. The number of rotatable bonds is 5. The van der Waals surface area contributed by atoms with Crippen LogP contribution in [-0.2, 0) is 11.0 Å². The van der Waals surface area contributed by atoms with E-state index < -0.39 is 29.9 Å². The van der Waals surface area contributed by atoms with Crippen molar-refractivity contribution < 1.29 is 22.8 Å². The molecule has 0 fully saturated rings. The summed E-state index contributed by atoms with van der Waals surface area (Å²) in [6.07, 6.45) is -1.95. The molecule has 2 aromatic carbocycles. The predicted octanol–water partition coefficient (Wildman–Crippen LogP) is 4.68. The fourth-order valence-corrected chi connectivity index (χ4v) is 2.79. The summed E-state index contributed by atoms with van der Waals surface area (Å²) in [6.45, 7) is 1.34. The molecule has 0 spiro atoms. The first-order valence-corrected chi connectivity index (χ1v) is 8.62. The van der Waals surface area contributed by atoms with Crippen molar-refractivity contribution in [1.82, 2.24) is 10.2 Å². The maximum absolute atomic E-state index is 13.0. The van der Waals surface area contributed by atoms with E-state index in [-0.39, 0.29) is 11.3 Å². The van der Waals surface area contributed by atoms with Crippen LogP contribution in [-0.4, -0.2) is 21.9 Å². The fraction of sp³-hybridized carbons (Fsp3) is 0.143. The van der Waals surface area contributed by atoms with Crippen LogP contribution in [0, 0.1) is 6.92 Å². The van der Waals surface area contributed by atoms with Gasteiger partial charge in [0.2, 0.25) is 5.91 Å². The van der Waals surface area contributed by atoms with Crippen LogP contribution >= 0.6 is 0 Å². The molecule has 0 aliphatic heterocycles. The number of aryl methyl sites for hydroxylation is 1. The molecule has 3 aromatic rings. The zero-order valence-corrected chi connectivity index (χ0v) is 15.3. The zero-order chi connectivity index (χ0) is 21.0. The number of carbonyl (C=O) groups excluding carboxylic acids is 2. The highest BCUT2D eigenvalue weighted by atomic mass is 19.4. The van der Waals surface area contributed by atoms with E-state index in [2.05, 4.69) is 15.5 Å². The second-order valence-electron chi connectivity index (χ2n) is 6.39. The molecule has 0 unspecified atom stereocenters. The Morgan fingerprint density at radius 1 is 1.00 bits per heavy atom. The van der Waals surface area contributed by atoms with Gasteiger partial charge in [-0.3, -0.25) is 9.59 Å². The lowest BCUT2D eigenvalue weighted by molar-refractivity contribution is -0.138. The Bertz CT molecular complexity index is 1050. The van der Waals surface area contributed by atoms with E-state index in [1.165, 1.54) is 25.3 Å². The second kappa shape index (κ2) is 8.22. The SMILES string of the molecule is Cc1ccc(NC(=O)CC(=O)c2cccc(-c3ccnnc3)c2)cc1C(F)(F)F. The number of halogens is 3. The molecule has 0 aliphatic rings. The summed E-state index contributed by atoms with van der Waals surface area (Å²) in [5.41, 5.74) is 1.01. The number of carbonyl (C=O) groups is 2. The molecule has 0 saturated heterocycles. The molecule has 1 aromatic heterocycles. The third kappa shape index (κ3) is 5.04. The number of benzene rings is 2. The number of nitrogens with zero attached hydrogens (tertiary/aromatic N) is 2. The van der Waals surface area contributed by atoms with Crippen LogP contribution in [0.2, 0.25) is 0 Å². The average Bonchev–Trinajstić information content (AvgIpc) is 2.69. The van der Waals surface area contributed by atoms with Gasteiger partial charge in [0.25, 0.3) is 0 Å². The van der Waals surface area contributed by atoms with Crippen LogP contribution < -0.4 is 5.32 Å². The van der Waals surface area contributed by atoms with Crippen molar-refractivity contribution in [3.05, 3.63) is 77.6 Å². The van der Waals surface area contributed by atoms with Gasteiger partial charge in [0.1, 0.15) is 0 Å². The molecule has 29 heavy (non-hydrogen) atoms. The van der Waals surface area contributed by atoms with Gasteiger partial charge in [-0.1, -0.05) is 24.3 Å². The highest BCUT2D eigenvalue weighted by Gasteiger charge is 2.32. The Labute approximate surface area is 164 Å². The number of amides is 1. The standard InChI is InChI=1S/C21H16F3N3O2/c1-13-5-6-17(10-18(13)21(22,23)24)27-20(29)11-19(28)15-4-2-3-14(9-15)16-7-8-25-26-12-16/h2-10,12H,11H2,1H3,(H,27,29). The van der Waals surface area contributed by atoms with Crippen LogP contribution in [0.15, 0.2) is 60.9 Å². The summed E-state index contributed by atoms with van der Waals surface area (Å²) in [5, 5.41) is 9.83. The number of ketones is 1. The largest absolute Gasteiger partial charge is 0.416 e. The van der Waals surface area contributed by atoms with Crippen molar-refractivity contribution >= 4 is 17.4 Å². The van der Waals surface area contributed by atoms with Crippen LogP contribution in [0.5, 0.6) is 0 Å². The van der Waals surface area contributed by atoms with Crippen molar-refractivity contribution in [2.75, 3.05) is 5.32 Å². The van der Waals surface area contributed by atoms with E-state index in [1.54, 1.807) is 36.5 Å². The number of hydrogen-bond acceptors (Lipinski definition) is 4. The normalized spacial score (nSPS) is 11.2. The van der Waals surface area contributed by atoms with Gasteiger partial charge in [0.15, 0.2) is 5.78 Å². The third-order valence-electron chi connectivity index (χ3n) is 4.25. The molecule has 0 bridgehead atoms. The minimum Gasteiger partial charge on any atom is -0.326 e. The quantitative estimate of drug-likeness (QED) is 0.499. The van der Waals surface area contributed by atoms with Gasteiger partial charge in [-0.05, 0) is 42.3 Å².